The van der Waals surface area contributed by atoms with Crippen molar-refractivity contribution in [2.45, 2.75) is 44.2 Å². The van der Waals surface area contributed by atoms with Crippen LogP contribution in [0.5, 0.6) is 0 Å². The van der Waals surface area contributed by atoms with Crippen LogP contribution in [0.15, 0.2) is 41.8 Å². The van der Waals surface area contributed by atoms with E-state index < -0.39 is 42.4 Å². The van der Waals surface area contributed by atoms with Crippen molar-refractivity contribution in [1.29, 1.82) is 0 Å². The van der Waals surface area contributed by atoms with Gasteiger partial charge in [0.25, 0.3) is 0 Å². The van der Waals surface area contributed by atoms with Crippen LogP contribution in [0.4, 0.5) is 17.6 Å². The van der Waals surface area contributed by atoms with Crippen LogP contribution in [0.3, 0.4) is 0 Å². The molecule has 0 bridgehead atoms. The molecule has 0 amide bonds. The van der Waals surface area contributed by atoms with Crippen LogP contribution in [0.1, 0.15) is 25.1 Å². The molecule has 172 valence electrons. The van der Waals surface area contributed by atoms with Gasteiger partial charge in [-0.05, 0) is 48.6 Å². The summed E-state index contributed by atoms with van der Waals surface area (Å²) in [5, 5.41) is 32.0. The van der Waals surface area contributed by atoms with E-state index in [0.717, 1.165) is 16.7 Å². The van der Waals surface area contributed by atoms with Crippen molar-refractivity contribution in [2.24, 2.45) is 0 Å². The number of thiophene rings is 1. The number of halogens is 4. The van der Waals surface area contributed by atoms with Gasteiger partial charge in [-0.3, -0.25) is 0 Å². The van der Waals surface area contributed by atoms with Crippen LogP contribution in [0, 0.1) is 5.82 Å². The number of imidazole rings is 1. The average molecular weight is 494 g/mol. The Morgan fingerprint density at radius 3 is 2.36 bits per heavy atom. The predicted molar refractivity (Wildman–Crippen MR) is 107 cm³/mol. The summed E-state index contributed by atoms with van der Waals surface area (Å²) < 4.78 is 55.8. The van der Waals surface area contributed by atoms with Crippen LogP contribution in [0.25, 0.3) is 21.8 Å². The molecule has 0 fully saturated rings. The third-order valence-corrected chi connectivity index (χ3v) is 5.60. The first kappa shape index (κ1) is 27.5. The van der Waals surface area contributed by atoms with Crippen molar-refractivity contribution in [1.82, 2.24) is 9.55 Å². The maximum Gasteiger partial charge on any atom is 1.00 e. The number of carbonyl (C=O) groups excluding carboxylic acids is 1. The first-order valence-electron chi connectivity index (χ1n) is 9.59. The Balaban J connectivity index is 0.00000385. The minimum absolute atomic E-state index is 0. The second kappa shape index (κ2) is 11.6. The molecular formula is C21H19F4N2NaO4S. The topological polar surface area (TPSA) is 98.4 Å². The van der Waals surface area contributed by atoms with Crippen molar-refractivity contribution in [3.63, 3.8) is 0 Å². The van der Waals surface area contributed by atoms with E-state index in [9.17, 15) is 37.7 Å². The van der Waals surface area contributed by atoms with Gasteiger partial charge >= 0.3 is 35.7 Å². The van der Waals surface area contributed by atoms with Crippen LogP contribution < -0.4 is 34.7 Å². The van der Waals surface area contributed by atoms with Gasteiger partial charge in [0.2, 0.25) is 5.82 Å². The third kappa shape index (κ3) is 7.11. The van der Waals surface area contributed by atoms with Gasteiger partial charge < -0.3 is 24.7 Å². The molecule has 0 aliphatic heterocycles. The standard InChI is InChI=1S/C21H20F4N2O4S.Na/c22-13-5-3-12(4-6-13)19-18(16-2-1-9-32-16)26-20(21(23,24)25)27(19)8-7-14(28)10-15(29)11-17(30)31;/h1-6,9,14-15,28-29H,7-8,10-11H2,(H,30,31);/q;+1/p-1/t14-,15-;/m1./s1. The number of nitrogens with zero attached hydrogens (tertiary/aromatic N) is 2. The molecule has 12 heteroatoms. The molecule has 0 unspecified atom stereocenters. The number of aliphatic carboxylic acids is 1. The number of benzene rings is 1. The Hall–Kier alpha value is -1.76. The summed E-state index contributed by atoms with van der Waals surface area (Å²) in [4.78, 5) is 14.9. The van der Waals surface area contributed by atoms with E-state index in [-0.39, 0.29) is 60.3 Å². The Morgan fingerprint density at radius 2 is 1.82 bits per heavy atom. The number of carboxylic acids is 1. The first-order valence-corrected chi connectivity index (χ1v) is 10.5. The number of rotatable bonds is 9. The van der Waals surface area contributed by atoms with Gasteiger partial charge in [0, 0.05) is 24.5 Å². The largest absolute Gasteiger partial charge is 1.00 e. The normalized spacial score (nSPS) is 13.4. The Kier molecular flexibility index (Phi) is 9.65. The zero-order chi connectivity index (χ0) is 23.5. The predicted octanol–water partition coefficient (Wildman–Crippen LogP) is 0.0825. The average Bonchev–Trinajstić information content (AvgIpc) is 3.33. The number of carboxylic acid groups (broad SMARTS) is 1. The fourth-order valence-electron chi connectivity index (χ4n) is 3.36. The van der Waals surface area contributed by atoms with E-state index >= 15 is 0 Å². The van der Waals surface area contributed by atoms with E-state index in [1.165, 1.54) is 23.5 Å². The summed E-state index contributed by atoms with van der Waals surface area (Å²) in [5.74, 6) is -3.23. The molecule has 2 aromatic heterocycles. The van der Waals surface area contributed by atoms with Gasteiger partial charge in [-0.1, -0.05) is 6.07 Å². The van der Waals surface area contributed by atoms with Crippen LogP contribution in [0.2, 0.25) is 0 Å². The molecule has 33 heavy (non-hydrogen) atoms. The molecule has 6 nitrogen and oxygen atoms in total. The second-order valence-corrected chi connectivity index (χ2v) is 8.12. The van der Waals surface area contributed by atoms with Gasteiger partial charge in [0.05, 0.1) is 22.8 Å². The van der Waals surface area contributed by atoms with Gasteiger partial charge in [-0.25, -0.2) is 9.37 Å². The monoisotopic (exact) mass is 494 g/mol. The summed E-state index contributed by atoms with van der Waals surface area (Å²) in [6.07, 6.45) is -8.70. The first-order chi connectivity index (χ1) is 15.1. The number of aliphatic hydroxyl groups excluding tert-OH is 2. The maximum atomic E-state index is 13.8. The quantitative estimate of drug-likeness (QED) is 0.325. The maximum absolute atomic E-state index is 13.8. The fraction of sp³-hybridized carbons (Fsp3) is 0.333. The molecule has 2 heterocycles. The van der Waals surface area contributed by atoms with E-state index in [0.29, 0.717) is 10.4 Å². The zero-order valence-electron chi connectivity index (χ0n) is 17.6. The van der Waals surface area contributed by atoms with Crippen LogP contribution >= 0.6 is 11.3 Å². The minimum Gasteiger partial charge on any atom is -0.550 e. The molecule has 2 atom stereocenters. The van der Waals surface area contributed by atoms with Gasteiger partial charge in [0.15, 0.2) is 0 Å². The van der Waals surface area contributed by atoms with Crippen molar-refractivity contribution in [3.05, 3.63) is 53.4 Å². The number of hydrogen-bond donors (Lipinski definition) is 2. The number of aromatic nitrogens is 2. The van der Waals surface area contributed by atoms with E-state index in [1.807, 2.05) is 0 Å². The summed E-state index contributed by atoms with van der Waals surface area (Å²) in [6, 6.07) is 8.24. The Morgan fingerprint density at radius 1 is 1.15 bits per heavy atom. The Bertz CT molecular complexity index is 1060. The van der Waals surface area contributed by atoms with E-state index in [1.54, 1.807) is 17.5 Å². The third-order valence-electron chi connectivity index (χ3n) is 4.73. The van der Waals surface area contributed by atoms with Gasteiger partial charge in [-0.2, -0.15) is 13.2 Å². The molecule has 1 aromatic carbocycles. The van der Waals surface area contributed by atoms with E-state index in [2.05, 4.69) is 4.98 Å². The summed E-state index contributed by atoms with van der Waals surface area (Å²) >= 11 is 1.20. The Labute approximate surface area is 212 Å². The smallest absolute Gasteiger partial charge is 0.550 e. The van der Waals surface area contributed by atoms with Gasteiger partial charge in [-0.15, -0.1) is 11.3 Å². The SMILES string of the molecule is O=C([O-])C[C@H](O)C[C@H](O)CCn1c(C(F)(F)F)nc(-c2cccs2)c1-c1ccc(F)cc1.[Na+]. The van der Waals surface area contributed by atoms with Crippen LogP contribution in [-0.4, -0.2) is 37.9 Å². The summed E-state index contributed by atoms with van der Waals surface area (Å²) in [7, 11) is 0. The molecule has 0 saturated heterocycles. The van der Waals surface area contributed by atoms with Crippen LogP contribution in [-0.2, 0) is 17.5 Å². The second-order valence-electron chi connectivity index (χ2n) is 7.17. The molecule has 2 N–H and O–H groups in total. The number of alkyl halides is 3. The molecule has 0 aliphatic carbocycles. The summed E-state index contributed by atoms with van der Waals surface area (Å²) in [6.45, 7) is -0.320. The number of carbonyl (C=O) groups is 1. The van der Waals surface area contributed by atoms with Crippen molar-refractivity contribution < 1.29 is 67.2 Å². The van der Waals surface area contributed by atoms with E-state index in [4.69, 9.17) is 0 Å². The molecule has 3 rings (SSSR count). The summed E-state index contributed by atoms with van der Waals surface area (Å²) in [5.41, 5.74) is 0.497. The minimum atomic E-state index is -4.80. The van der Waals surface area contributed by atoms with Crippen molar-refractivity contribution >= 4 is 17.3 Å². The molecule has 0 saturated carbocycles. The molecule has 0 aliphatic rings. The fourth-order valence-corrected chi connectivity index (χ4v) is 4.07. The molecule has 0 radical (unpaired) electrons. The zero-order valence-corrected chi connectivity index (χ0v) is 20.4. The number of aliphatic hydroxyl groups is 2. The van der Waals surface area contributed by atoms with Crippen molar-refractivity contribution in [2.75, 3.05) is 0 Å². The van der Waals surface area contributed by atoms with Crippen molar-refractivity contribution in [3.8, 4) is 21.8 Å². The van der Waals surface area contributed by atoms with Gasteiger partial charge in [0.1, 0.15) is 11.5 Å². The molecule has 3 aromatic rings. The molecule has 0 spiro atoms. The molecular weight excluding hydrogens is 475 g/mol. The number of hydrogen-bond acceptors (Lipinski definition) is 6.